The van der Waals surface area contributed by atoms with Crippen molar-refractivity contribution in [2.24, 2.45) is 11.8 Å². The van der Waals surface area contributed by atoms with E-state index in [1.807, 2.05) is 41.9 Å². The lowest BCUT2D eigenvalue weighted by atomic mass is 9.82. The molecule has 1 aliphatic carbocycles. The van der Waals surface area contributed by atoms with Crippen LogP contribution in [0.25, 0.3) is 22.4 Å². The van der Waals surface area contributed by atoms with E-state index < -0.39 is 17.6 Å². The second-order valence-corrected chi connectivity index (χ2v) is 8.75. The maximum atomic E-state index is 14.8. The van der Waals surface area contributed by atoms with Crippen LogP contribution in [0.1, 0.15) is 31.4 Å². The van der Waals surface area contributed by atoms with Gasteiger partial charge >= 0.3 is 5.97 Å². The van der Waals surface area contributed by atoms with Crippen LogP contribution in [0, 0.1) is 30.4 Å². The van der Waals surface area contributed by atoms with Crippen molar-refractivity contribution in [1.82, 2.24) is 9.78 Å². The Morgan fingerprint density at radius 1 is 1.06 bits per heavy atom. The molecule has 3 aromatic rings. The summed E-state index contributed by atoms with van der Waals surface area (Å²) in [4.78, 5) is 10.6. The minimum atomic E-state index is -0.947. The summed E-state index contributed by atoms with van der Waals surface area (Å²) in [5, 5.41) is 13.6. The first-order chi connectivity index (χ1) is 15.9. The molecule has 1 aliphatic rings. The highest BCUT2D eigenvalue weighted by molar-refractivity contribution is 5.83. The number of aliphatic carboxylic acids is 1. The third-order valence-electron chi connectivity index (χ3n) is 6.45. The number of ether oxygens (including phenoxy) is 1. The van der Waals surface area contributed by atoms with E-state index in [1.165, 1.54) is 6.07 Å². The molecule has 1 saturated carbocycles. The maximum Gasteiger partial charge on any atom is 0.329 e. The molecule has 1 aromatic heterocycles. The summed E-state index contributed by atoms with van der Waals surface area (Å²) in [7, 11) is 0. The molecule has 0 atom stereocenters. The molecule has 7 heteroatoms. The molecule has 2 aromatic carbocycles. The molecule has 0 unspecified atom stereocenters. The summed E-state index contributed by atoms with van der Waals surface area (Å²) >= 11 is 0. The highest BCUT2D eigenvalue weighted by Gasteiger charge is 2.26. The zero-order valence-corrected chi connectivity index (χ0v) is 18.6. The Kier molecular flexibility index (Phi) is 7.18. The van der Waals surface area contributed by atoms with Crippen molar-refractivity contribution in [1.29, 1.82) is 0 Å². The summed E-state index contributed by atoms with van der Waals surface area (Å²) in [5.74, 6) is -1.90. The predicted molar refractivity (Wildman–Crippen MR) is 122 cm³/mol. The molecule has 0 spiro atoms. The Morgan fingerprint density at radius 3 is 2.45 bits per heavy atom. The largest absolute Gasteiger partial charge is 0.480 e. The van der Waals surface area contributed by atoms with Gasteiger partial charge in [-0.3, -0.25) is 4.68 Å². The van der Waals surface area contributed by atoms with Gasteiger partial charge in [0, 0.05) is 28.9 Å². The van der Waals surface area contributed by atoms with Gasteiger partial charge in [-0.25, -0.2) is 13.6 Å². The van der Waals surface area contributed by atoms with Crippen LogP contribution in [-0.2, 0) is 16.1 Å². The van der Waals surface area contributed by atoms with Gasteiger partial charge in [-0.2, -0.15) is 5.10 Å². The lowest BCUT2D eigenvalue weighted by Crippen LogP contribution is -2.23. The molecule has 1 heterocycles. The van der Waals surface area contributed by atoms with Crippen LogP contribution in [0.5, 0.6) is 0 Å². The van der Waals surface area contributed by atoms with Crippen molar-refractivity contribution in [3.63, 3.8) is 0 Å². The number of hydrogen-bond donors (Lipinski definition) is 1. The number of carboxylic acid groups (broad SMARTS) is 1. The molecular formula is C26H28F2N2O3. The molecule has 0 saturated heterocycles. The Morgan fingerprint density at radius 2 is 1.76 bits per heavy atom. The predicted octanol–water partition coefficient (Wildman–Crippen LogP) is 5.71. The van der Waals surface area contributed by atoms with Crippen molar-refractivity contribution >= 4 is 5.97 Å². The fourth-order valence-electron chi connectivity index (χ4n) is 4.68. The average Bonchev–Trinajstić information content (AvgIpc) is 3.13. The molecule has 5 nitrogen and oxygen atoms in total. The van der Waals surface area contributed by atoms with Gasteiger partial charge in [0.25, 0.3) is 0 Å². The fraction of sp³-hybridized carbons (Fsp3) is 0.385. The van der Waals surface area contributed by atoms with Crippen LogP contribution >= 0.6 is 0 Å². The van der Waals surface area contributed by atoms with Gasteiger partial charge in [0.2, 0.25) is 0 Å². The van der Waals surface area contributed by atoms with Gasteiger partial charge < -0.3 is 9.84 Å². The Hall–Kier alpha value is -3.06. The second kappa shape index (κ2) is 10.3. The SMILES string of the molecule is Cc1c(-c2cccc(F)c2F)c(-c2ccccc2)nn1C[C@H]1CC[C@H](COCC(=O)O)CC1. The smallest absolute Gasteiger partial charge is 0.329 e. The maximum absolute atomic E-state index is 14.8. The van der Waals surface area contributed by atoms with E-state index in [0.717, 1.165) is 43.0 Å². The summed E-state index contributed by atoms with van der Waals surface area (Å²) in [5.41, 5.74) is 3.15. The van der Waals surface area contributed by atoms with Gasteiger partial charge in [-0.1, -0.05) is 42.5 Å². The van der Waals surface area contributed by atoms with E-state index in [9.17, 15) is 13.6 Å². The third kappa shape index (κ3) is 5.30. The number of benzene rings is 2. The van der Waals surface area contributed by atoms with E-state index in [0.29, 0.717) is 36.2 Å². The Labute approximate surface area is 192 Å². The number of carbonyl (C=O) groups is 1. The first-order valence-corrected chi connectivity index (χ1v) is 11.3. The number of carboxylic acids is 1. The second-order valence-electron chi connectivity index (χ2n) is 8.75. The number of nitrogens with zero attached hydrogens (tertiary/aromatic N) is 2. The minimum Gasteiger partial charge on any atom is -0.480 e. The molecule has 1 N–H and O–H groups in total. The van der Waals surface area contributed by atoms with Crippen molar-refractivity contribution in [2.75, 3.05) is 13.2 Å². The third-order valence-corrected chi connectivity index (χ3v) is 6.45. The van der Waals surface area contributed by atoms with E-state index in [-0.39, 0.29) is 12.2 Å². The lowest BCUT2D eigenvalue weighted by molar-refractivity contribution is -0.142. The van der Waals surface area contributed by atoms with Crippen LogP contribution < -0.4 is 0 Å². The molecule has 0 amide bonds. The van der Waals surface area contributed by atoms with Crippen molar-refractivity contribution < 1.29 is 23.4 Å². The van der Waals surface area contributed by atoms with Crippen LogP contribution in [0.2, 0.25) is 0 Å². The number of hydrogen-bond acceptors (Lipinski definition) is 3. The van der Waals surface area contributed by atoms with E-state index in [4.69, 9.17) is 14.9 Å². The van der Waals surface area contributed by atoms with Gasteiger partial charge in [-0.15, -0.1) is 0 Å². The Balaban J connectivity index is 1.56. The zero-order valence-electron chi connectivity index (χ0n) is 18.6. The molecular weight excluding hydrogens is 426 g/mol. The molecule has 0 aliphatic heterocycles. The lowest BCUT2D eigenvalue weighted by Gasteiger charge is -2.28. The molecule has 0 bridgehead atoms. The fourth-order valence-corrected chi connectivity index (χ4v) is 4.68. The van der Waals surface area contributed by atoms with Gasteiger partial charge in [-0.05, 0) is 50.5 Å². The average molecular weight is 455 g/mol. The number of halogens is 2. The first-order valence-electron chi connectivity index (χ1n) is 11.3. The summed E-state index contributed by atoms with van der Waals surface area (Å²) in [6.45, 7) is 2.82. The quantitative estimate of drug-likeness (QED) is 0.473. The molecule has 174 valence electrons. The summed E-state index contributed by atoms with van der Waals surface area (Å²) < 4.78 is 36.0. The highest BCUT2D eigenvalue weighted by atomic mass is 19.2. The number of rotatable bonds is 8. The standard InChI is InChI=1S/C26H28F2N2O3/c1-17-24(21-8-5-9-22(27)25(21)28)26(20-6-3-2-4-7-20)29-30(17)14-18-10-12-19(13-11-18)15-33-16-23(31)32/h2-9,18-19H,10-16H2,1H3,(H,31,32)/t18-,19-. The van der Waals surface area contributed by atoms with E-state index in [2.05, 4.69) is 0 Å². The van der Waals surface area contributed by atoms with Crippen molar-refractivity contribution in [3.8, 4) is 22.4 Å². The van der Waals surface area contributed by atoms with Crippen LogP contribution in [0.15, 0.2) is 48.5 Å². The normalized spacial score (nSPS) is 18.4. The van der Waals surface area contributed by atoms with Gasteiger partial charge in [0.1, 0.15) is 12.3 Å². The summed E-state index contributed by atoms with van der Waals surface area (Å²) in [6.07, 6.45) is 3.93. The molecule has 0 radical (unpaired) electrons. The zero-order chi connectivity index (χ0) is 23.4. The van der Waals surface area contributed by atoms with Gasteiger partial charge in [0.05, 0.1) is 6.61 Å². The Bertz CT molecular complexity index is 1110. The minimum absolute atomic E-state index is 0.219. The monoisotopic (exact) mass is 454 g/mol. The number of aromatic nitrogens is 2. The van der Waals surface area contributed by atoms with E-state index >= 15 is 0 Å². The van der Waals surface area contributed by atoms with Gasteiger partial charge in [0.15, 0.2) is 11.6 Å². The summed E-state index contributed by atoms with van der Waals surface area (Å²) in [6, 6.07) is 13.8. The van der Waals surface area contributed by atoms with Crippen molar-refractivity contribution in [2.45, 2.75) is 39.2 Å². The molecule has 1 fully saturated rings. The first kappa shape index (κ1) is 23.1. The molecule has 4 rings (SSSR count). The van der Waals surface area contributed by atoms with E-state index in [1.54, 1.807) is 6.07 Å². The highest BCUT2D eigenvalue weighted by Crippen LogP contribution is 2.37. The van der Waals surface area contributed by atoms with Crippen molar-refractivity contribution in [3.05, 3.63) is 65.9 Å². The van der Waals surface area contributed by atoms with Crippen LogP contribution in [0.4, 0.5) is 8.78 Å². The topological polar surface area (TPSA) is 64.4 Å². The molecule has 33 heavy (non-hydrogen) atoms. The van der Waals surface area contributed by atoms with Crippen LogP contribution in [0.3, 0.4) is 0 Å². The van der Waals surface area contributed by atoms with Crippen LogP contribution in [-0.4, -0.2) is 34.1 Å².